The van der Waals surface area contributed by atoms with Crippen LogP contribution in [-0.4, -0.2) is 29.4 Å². The number of aryl methyl sites for hydroxylation is 1. The highest BCUT2D eigenvalue weighted by Gasteiger charge is 2.27. The maximum absolute atomic E-state index is 12.5. The molecule has 2 aromatic rings. The average molecular weight is 386 g/mol. The number of hydrogen-bond acceptors (Lipinski definition) is 5. The van der Waals surface area contributed by atoms with E-state index in [1.54, 1.807) is 25.0 Å². The van der Waals surface area contributed by atoms with Gasteiger partial charge in [-0.05, 0) is 42.7 Å². The number of anilines is 1. The van der Waals surface area contributed by atoms with Crippen molar-refractivity contribution in [3.8, 4) is 22.6 Å². The lowest BCUT2D eigenvalue weighted by Crippen LogP contribution is -2.32. The van der Waals surface area contributed by atoms with Crippen molar-refractivity contribution < 1.29 is 14.3 Å². The van der Waals surface area contributed by atoms with Gasteiger partial charge in [0.25, 0.3) is 11.5 Å². The molecule has 0 bridgehead atoms. The topological polar surface area (TPSA) is 69.6 Å². The van der Waals surface area contributed by atoms with Gasteiger partial charge in [-0.1, -0.05) is 6.92 Å². The summed E-state index contributed by atoms with van der Waals surface area (Å²) in [7, 11) is 1.67. The van der Waals surface area contributed by atoms with Gasteiger partial charge in [0.2, 0.25) is 0 Å². The summed E-state index contributed by atoms with van der Waals surface area (Å²) in [5, 5.41) is 2.66. The largest absolute Gasteiger partial charge is 0.493 e. The summed E-state index contributed by atoms with van der Waals surface area (Å²) in [6, 6.07) is 6.10. The molecule has 0 radical (unpaired) electrons. The molecule has 27 heavy (non-hydrogen) atoms. The Morgan fingerprint density at radius 2 is 2.11 bits per heavy atom. The molecular weight excluding hydrogens is 364 g/mol. The number of nitrogens with zero attached hydrogens (tertiary/aromatic N) is 1. The average Bonchev–Trinajstić information content (AvgIpc) is 3.48. The predicted molar refractivity (Wildman–Crippen MR) is 106 cm³/mol. The Kier molecular flexibility index (Phi) is 4.86. The fourth-order valence-corrected chi connectivity index (χ4v) is 3.78. The van der Waals surface area contributed by atoms with Crippen molar-refractivity contribution >= 4 is 23.4 Å². The quantitative estimate of drug-likeness (QED) is 0.772. The molecule has 0 unspecified atom stereocenters. The van der Waals surface area contributed by atoms with Crippen LogP contribution in [0.1, 0.15) is 19.8 Å². The van der Waals surface area contributed by atoms with Crippen LogP contribution in [-0.2, 0) is 11.8 Å². The van der Waals surface area contributed by atoms with Gasteiger partial charge in [0.15, 0.2) is 18.0 Å². The summed E-state index contributed by atoms with van der Waals surface area (Å²) < 4.78 is 13.2. The normalized spacial score (nSPS) is 15.7. The number of pyridine rings is 1. The number of fused-ring (bicyclic) bond motifs is 1. The van der Waals surface area contributed by atoms with Gasteiger partial charge < -0.3 is 19.4 Å². The number of aromatic nitrogens is 1. The first-order valence-corrected chi connectivity index (χ1v) is 10.1. The number of nitrogens with one attached hydrogen (secondary N) is 1. The second-order valence-corrected chi connectivity index (χ2v) is 8.18. The number of benzene rings is 1. The Bertz CT molecular complexity index is 950. The Balaban J connectivity index is 1.84. The highest BCUT2D eigenvalue weighted by molar-refractivity contribution is 7.99. The van der Waals surface area contributed by atoms with Gasteiger partial charge in [-0.2, -0.15) is 0 Å². The highest BCUT2D eigenvalue weighted by Crippen LogP contribution is 2.42. The minimum atomic E-state index is -0.322. The fourth-order valence-electron chi connectivity index (χ4n) is 3.08. The first-order valence-electron chi connectivity index (χ1n) is 9.13. The van der Waals surface area contributed by atoms with E-state index in [1.165, 1.54) is 17.4 Å². The zero-order chi connectivity index (χ0) is 19.0. The molecule has 1 N–H and O–H groups in total. The molecule has 1 fully saturated rings. The van der Waals surface area contributed by atoms with E-state index in [0.717, 1.165) is 27.5 Å². The molecule has 0 saturated heterocycles. The standard InChI is InChI=1S/C20H22N2O4S/c1-3-27-13-6-7-16(25-10-12-4-5-12)14(8-13)15-9-22(2)20(24)18-19(15)26-11-17(23)21-18/h6-9,12H,3-5,10-11H2,1-2H3,(H,21,23). The number of thioether (sulfide) groups is 1. The maximum atomic E-state index is 12.5. The third-order valence-corrected chi connectivity index (χ3v) is 5.54. The molecular formula is C20H22N2O4S. The lowest BCUT2D eigenvalue weighted by Gasteiger charge is -2.22. The van der Waals surface area contributed by atoms with Crippen molar-refractivity contribution in [1.29, 1.82) is 0 Å². The third kappa shape index (κ3) is 3.69. The predicted octanol–water partition coefficient (Wildman–Crippen LogP) is 3.28. The molecule has 1 aliphatic carbocycles. The van der Waals surface area contributed by atoms with E-state index in [4.69, 9.17) is 9.47 Å². The van der Waals surface area contributed by atoms with Crippen LogP contribution in [0.4, 0.5) is 5.69 Å². The van der Waals surface area contributed by atoms with Gasteiger partial charge in [0, 0.05) is 29.3 Å². The highest BCUT2D eigenvalue weighted by atomic mass is 32.2. The Morgan fingerprint density at radius 3 is 2.85 bits per heavy atom. The van der Waals surface area contributed by atoms with E-state index in [2.05, 4.69) is 24.4 Å². The summed E-state index contributed by atoms with van der Waals surface area (Å²) in [6.45, 7) is 2.70. The number of ether oxygens (including phenoxy) is 2. The second kappa shape index (κ2) is 7.31. The number of carbonyl (C=O) groups excluding carboxylic acids is 1. The monoisotopic (exact) mass is 386 g/mol. The molecule has 142 valence electrons. The van der Waals surface area contributed by atoms with Crippen LogP contribution in [0.5, 0.6) is 11.5 Å². The van der Waals surface area contributed by atoms with Gasteiger partial charge in [-0.25, -0.2) is 0 Å². The third-order valence-electron chi connectivity index (χ3n) is 4.66. The van der Waals surface area contributed by atoms with Crippen molar-refractivity contribution in [1.82, 2.24) is 4.57 Å². The number of carbonyl (C=O) groups is 1. The van der Waals surface area contributed by atoms with E-state index >= 15 is 0 Å². The minimum absolute atomic E-state index is 0.102. The Labute approximate surface area is 161 Å². The fraction of sp³-hybridized carbons (Fsp3) is 0.400. The Hall–Kier alpha value is -2.41. The van der Waals surface area contributed by atoms with E-state index in [0.29, 0.717) is 18.3 Å². The van der Waals surface area contributed by atoms with Gasteiger partial charge in [-0.15, -0.1) is 11.8 Å². The van der Waals surface area contributed by atoms with Gasteiger partial charge in [0.1, 0.15) is 5.75 Å². The summed E-state index contributed by atoms with van der Waals surface area (Å²) in [5.74, 6) is 2.44. The van der Waals surface area contributed by atoms with E-state index < -0.39 is 0 Å². The SMILES string of the molecule is CCSc1ccc(OCC2CC2)c(-c2cn(C)c(=O)c3c2OCC(=O)N3)c1. The maximum Gasteiger partial charge on any atom is 0.277 e. The summed E-state index contributed by atoms with van der Waals surface area (Å²) in [6.07, 6.45) is 4.17. The zero-order valence-corrected chi connectivity index (χ0v) is 16.2. The zero-order valence-electron chi connectivity index (χ0n) is 15.4. The molecule has 0 atom stereocenters. The van der Waals surface area contributed by atoms with Crippen LogP contribution < -0.4 is 20.3 Å². The number of amides is 1. The lowest BCUT2D eigenvalue weighted by molar-refractivity contribution is -0.118. The molecule has 1 aliphatic heterocycles. The first kappa shape index (κ1) is 18.0. The lowest BCUT2D eigenvalue weighted by atomic mass is 10.0. The molecule has 0 spiro atoms. The number of hydrogen-bond donors (Lipinski definition) is 1. The second-order valence-electron chi connectivity index (χ2n) is 6.85. The minimum Gasteiger partial charge on any atom is -0.493 e. The molecule has 2 heterocycles. The van der Waals surface area contributed by atoms with Crippen LogP contribution >= 0.6 is 11.8 Å². The van der Waals surface area contributed by atoms with Gasteiger partial charge in [0.05, 0.1) is 6.61 Å². The van der Waals surface area contributed by atoms with Crippen molar-refractivity contribution in [3.63, 3.8) is 0 Å². The van der Waals surface area contributed by atoms with Crippen molar-refractivity contribution in [2.24, 2.45) is 13.0 Å². The van der Waals surface area contributed by atoms with Crippen LogP contribution in [0.25, 0.3) is 11.1 Å². The van der Waals surface area contributed by atoms with Crippen LogP contribution in [0.15, 0.2) is 34.1 Å². The summed E-state index contributed by atoms with van der Waals surface area (Å²) in [5.41, 5.74) is 1.52. The van der Waals surface area contributed by atoms with Crippen LogP contribution in [0.3, 0.4) is 0 Å². The van der Waals surface area contributed by atoms with Crippen LogP contribution in [0, 0.1) is 5.92 Å². The molecule has 2 aliphatic rings. The molecule has 1 aromatic heterocycles. The van der Waals surface area contributed by atoms with Crippen molar-refractivity contribution in [2.75, 3.05) is 24.3 Å². The molecule has 1 amide bonds. The molecule has 6 nitrogen and oxygen atoms in total. The molecule has 7 heteroatoms. The van der Waals surface area contributed by atoms with E-state index in [9.17, 15) is 9.59 Å². The smallest absolute Gasteiger partial charge is 0.277 e. The number of rotatable bonds is 6. The molecule has 4 rings (SSSR count). The van der Waals surface area contributed by atoms with Crippen LogP contribution in [0.2, 0.25) is 0 Å². The summed E-state index contributed by atoms with van der Waals surface area (Å²) in [4.78, 5) is 25.3. The Morgan fingerprint density at radius 1 is 1.30 bits per heavy atom. The van der Waals surface area contributed by atoms with Crippen molar-refractivity contribution in [2.45, 2.75) is 24.7 Å². The van der Waals surface area contributed by atoms with Gasteiger partial charge in [-0.3, -0.25) is 9.59 Å². The van der Waals surface area contributed by atoms with Gasteiger partial charge >= 0.3 is 0 Å². The molecule has 1 saturated carbocycles. The van der Waals surface area contributed by atoms with E-state index in [1.807, 2.05) is 6.07 Å². The first-order chi connectivity index (χ1) is 13.1. The van der Waals surface area contributed by atoms with Crippen molar-refractivity contribution in [3.05, 3.63) is 34.7 Å². The molecule has 1 aromatic carbocycles. The van der Waals surface area contributed by atoms with E-state index in [-0.39, 0.29) is 23.8 Å². The summed E-state index contributed by atoms with van der Waals surface area (Å²) >= 11 is 1.74.